The number of rotatable bonds is 1. The number of aryl methyl sites for hydroxylation is 2. The molecule has 1 aromatic rings. The molecule has 13 heavy (non-hydrogen) atoms. The summed E-state index contributed by atoms with van der Waals surface area (Å²) in [5, 5.41) is 11.8. The topological polar surface area (TPSA) is 29.5 Å². The maximum Gasteiger partial charge on any atom is 0.0864 e. The number of aliphatic hydroxyl groups excluding tert-OH is 1. The SMILES string of the molecule is Cc1csc(C)c1[C@@H]1COC[C@H]1O. The largest absolute Gasteiger partial charge is 0.390 e. The van der Waals surface area contributed by atoms with Crippen molar-refractivity contribution in [2.24, 2.45) is 0 Å². The fourth-order valence-electron chi connectivity index (χ4n) is 1.95. The molecule has 1 aliphatic rings. The fraction of sp³-hybridized carbons (Fsp3) is 0.600. The van der Waals surface area contributed by atoms with Crippen molar-refractivity contribution < 1.29 is 9.84 Å². The number of aliphatic hydroxyl groups is 1. The zero-order valence-electron chi connectivity index (χ0n) is 7.91. The molecule has 3 heteroatoms. The highest BCUT2D eigenvalue weighted by Gasteiger charge is 2.30. The third-order valence-corrected chi connectivity index (χ3v) is 3.68. The summed E-state index contributed by atoms with van der Waals surface area (Å²) >= 11 is 1.75. The first-order valence-electron chi connectivity index (χ1n) is 4.50. The number of ether oxygens (including phenoxy) is 1. The van der Waals surface area contributed by atoms with Gasteiger partial charge in [-0.05, 0) is 30.4 Å². The maximum atomic E-state index is 9.69. The van der Waals surface area contributed by atoms with Crippen LogP contribution in [0.2, 0.25) is 0 Å². The van der Waals surface area contributed by atoms with Crippen molar-refractivity contribution in [2.45, 2.75) is 25.9 Å². The summed E-state index contributed by atoms with van der Waals surface area (Å²) < 4.78 is 5.26. The minimum atomic E-state index is -0.313. The Labute approximate surface area is 82.2 Å². The van der Waals surface area contributed by atoms with Gasteiger partial charge < -0.3 is 9.84 Å². The fourth-order valence-corrected chi connectivity index (χ4v) is 2.87. The molecule has 1 saturated heterocycles. The van der Waals surface area contributed by atoms with Gasteiger partial charge in [0.25, 0.3) is 0 Å². The lowest BCUT2D eigenvalue weighted by Gasteiger charge is -2.13. The smallest absolute Gasteiger partial charge is 0.0864 e. The Kier molecular flexibility index (Phi) is 2.41. The van der Waals surface area contributed by atoms with E-state index in [1.165, 1.54) is 16.0 Å². The molecule has 0 radical (unpaired) electrons. The first-order valence-corrected chi connectivity index (χ1v) is 5.38. The van der Waals surface area contributed by atoms with Crippen LogP contribution in [0.1, 0.15) is 21.9 Å². The molecule has 0 saturated carbocycles. The summed E-state index contributed by atoms with van der Waals surface area (Å²) in [5.41, 5.74) is 2.59. The minimum absolute atomic E-state index is 0.200. The Balaban J connectivity index is 2.33. The Bertz CT molecular complexity index is 286. The van der Waals surface area contributed by atoms with E-state index in [0.29, 0.717) is 13.2 Å². The summed E-state index contributed by atoms with van der Waals surface area (Å²) in [4.78, 5) is 1.31. The minimum Gasteiger partial charge on any atom is -0.390 e. The maximum absolute atomic E-state index is 9.69. The monoisotopic (exact) mass is 198 g/mol. The van der Waals surface area contributed by atoms with Crippen LogP contribution in [0.4, 0.5) is 0 Å². The van der Waals surface area contributed by atoms with Crippen LogP contribution in [0.3, 0.4) is 0 Å². The van der Waals surface area contributed by atoms with Crippen LogP contribution in [-0.4, -0.2) is 24.4 Å². The van der Waals surface area contributed by atoms with Gasteiger partial charge in [0.15, 0.2) is 0 Å². The van der Waals surface area contributed by atoms with Crippen molar-refractivity contribution in [1.82, 2.24) is 0 Å². The highest BCUT2D eigenvalue weighted by atomic mass is 32.1. The van der Waals surface area contributed by atoms with Gasteiger partial charge in [0.2, 0.25) is 0 Å². The quantitative estimate of drug-likeness (QED) is 0.746. The molecule has 1 N–H and O–H groups in total. The van der Waals surface area contributed by atoms with Crippen molar-refractivity contribution in [1.29, 1.82) is 0 Å². The van der Waals surface area contributed by atoms with Crippen LogP contribution in [0.5, 0.6) is 0 Å². The van der Waals surface area contributed by atoms with Crippen LogP contribution in [0, 0.1) is 13.8 Å². The molecule has 2 rings (SSSR count). The van der Waals surface area contributed by atoms with E-state index in [9.17, 15) is 5.11 Å². The van der Waals surface area contributed by atoms with Gasteiger partial charge >= 0.3 is 0 Å². The van der Waals surface area contributed by atoms with Crippen molar-refractivity contribution in [3.05, 3.63) is 21.4 Å². The molecular formula is C10H14O2S. The predicted octanol–water partition coefficient (Wildman–Crippen LogP) is 1.84. The number of hydrogen-bond donors (Lipinski definition) is 1. The molecule has 2 atom stereocenters. The normalized spacial score (nSPS) is 28.2. The van der Waals surface area contributed by atoms with E-state index in [2.05, 4.69) is 19.2 Å². The van der Waals surface area contributed by atoms with Gasteiger partial charge in [0, 0.05) is 10.8 Å². The van der Waals surface area contributed by atoms with E-state index in [0.717, 1.165) is 0 Å². The molecule has 0 bridgehead atoms. The number of hydrogen-bond acceptors (Lipinski definition) is 3. The molecule has 1 aromatic heterocycles. The first kappa shape index (κ1) is 9.19. The third-order valence-electron chi connectivity index (χ3n) is 2.64. The van der Waals surface area contributed by atoms with E-state index < -0.39 is 0 Å². The highest BCUT2D eigenvalue weighted by Crippen LogP contribution is 2.33. The molecule has 0 aromatic carbocycles. The summed E-state index contributed by atoms with van der Waals surface area (Å²) in [5.74, 6) is 0.200. The Morgan fingerprint density at radius 1 is 1.46 bits per heavy atom. The van der Waals surface area contributed by atoms with E-state index in [1.54, 1.807) is 11.3 Å². The van der Waals surface area contributed by atoms with Crippen LogP contribution in [-0.2, 0) is 4.74 Å². The van der Waals surface area contributed by atoms with Crippen LogP contribution in [0.25, 0.3) is 0 Å². The van der Waals surface area contributed by atoms with Crippen LogP contribution in [0.15, 0.2) is 5.38 Å². The third kappa shape index (κ3) is 1.52. The molecule has 72 valence electrons. The second-order valence-electron chi connectivity index (χ2n) is 3.60. The second kappa shape index (κ2) is 3.40. The molecule has 2 nitrogen and oxygen atoms in total. The summed E-state index contributed by atoms with van der Waals surface area (Å²) in [6.07, 6.45) is -0.313. The van der Waals surface area contributed by atoms with Crippen molar-refractivity contribution >= 4 is 11.3 Å². The van der Waals surface area contributed by atoms with Crippen molar-refractivity contribution in [2.75, 3.05) is 13.2 Å². The lowest BCUT2D eigenvalue weighted by Crippen LogP contribution is -2.16. The first-order chi connectivity index (χ1) is 6.20. The molecule has 1 fully saturated rings. The molecule has 0 spiro atoms. The molecular weight excluding hydrogens is 184 g/mol. The standard InChI is InChI=1S/C10H14O2S/c1-6-5-13-7(2)10(6)8-3-12-4-9(8)11/h5,8-9,11H,3-4H2,1-2H3/t8-,9-/m1/s1. The Hall–Kier alpha value is -0.380. The number of thiophene rings is 1. The zero-order valence-corrected chi connectivity index (χ0v) is 8.73. The van der Waals surface area contributed by atoms with E-state index in [-0.39, 0.29) is 12.0 Å². The second-order valence-corrected chi connectivity index (χ2v) is 4.68. The average Bonchev–Trinajstić information content (AvgIpc) is 2.60. The van der Waals surface area contributed by atoms with Crippen molar-refractivity contribution in [3.8, 4) is 0 Å². The van der Waals surface area contributed by atoms with E-state index in [4.69, 9.17) is 4.74 Å². The van der Waals surface area contributed by atoms with Gasteiger partial charge in [-0.1, -0.05) is 0 Å². The Morgan fingerprint density at radius 3 is 2.69 bits per heavy atom. The van der Waals surface area contributed by atoms with Gasteiger partial charge in [-0.2, -0.15) is 0 Å². The van der Waals surface area contributed by atoms with Crippen molar-refractivity contribution in [3.63, 3.8) is 0 Å². The lowest BCUT2D eigenvalue weighted by molar-refractivity contribution is 0.124. The molecule has 0 unspecified atom stereocenters. The van der Waals surface area contributed by atoms with Gasteiger partial charge in [-0.3, -0.25) is 0 Å². The Morgan fingerprint density at radius 2 is 2.23 bits per heavy atom. The highest BCUT2D eigenvalue weighted by molar-refractivity contribution is 7.10. The summed E-state index contributed by atoms with van der Waals surface area (Å²) in [7, 11) is 0. The van der Waals surface area contributed by atoms with Crippen LogP contribution < -0.4 is 0 Å². The van der Waals surface area contributed by atoms with E-state index in [1.807, 2.05) is 0 Å². The van der Waals surface area contributed by atoms with E-state index >= 15 is 0 Å². The zero-order chi connectivity index (χ0) is 9.42. The molecule has 1 aliphatic heterocycles. The summed E-state index contributed by atoms with van der Waals surface area (Å²) in [6.45, 7) is 5.36. The van der Waals surface area contributed by atoms with Crippen LogP contribution >= 0.6 is 11.3 Å². The predicted molar refractivity (Wildman–Crippen MR) is 53.4 cm³/mol. The summed E-state index contributed by atoms with van der Waals surface area (Å²) in [6, 6.07) is 0. The molecule has 0 amide bonds. The van der Waals surface area contributed by atoms with Gasteiger partial charge in [-0.15, -0.1) is 11.3 Å². The molecule has 2 heterocycles. The lowest BCUT2D eigenvalue weighted by atomic mass is 9.94. The average molecular weight is 198 g/mol. The van der Waals surface area contributed by atoms with Gasteiger partial charge in [-0.25, -0.2) is 0 Å². The van der Waals surface area contributed by atoms with Gasteiger partial charge in [0.05, 0.1) is 19.3 Å². The van der Waals surface area contributed by atoms with Gasteiger partial charge in [0.1, 0.15) is 0 Å². The molecule has 0 aliphatic carbocycles.